The third kappa shape index (κ3) is 2.87. The first-order valence-corrected chi connectivity index (χ1v) is 7.93. The highest BCUT2D eigenvalue weighted by Crippen LogP contribution is 2.21. The molecule has 0 atom stereocenters. The number of fused-ring (bicyclic) bond motifs is 1. The molecule has 3 rings (SSSR count). The van der Waals surface area contributed by atoms with Gasteiger partial charge >= 0.3 is 0 Å². The zero-order chi connectivity index (χ0) is 13.9. The molecule has 0 spiro atoms. The van der Waals surface area contributed by atoms with E-state index in [1.165, 1.54) is 11.1 Å². The van der Waals surface area contributed by atoms with Crippen LogP contribution in [0.3, 0.4) is 0 Å². The molecule has 1 amide bonds. The van der Waals surface area contributed by atoms with Crippen LogP contribution in [0, 0.1) is 3.57 Å². The van der Waals surface area contributed by atoms with Crippen molar-refractivity contribution in [1.29, 1.82) is 0 Å². The minimum Gasteiger partial charge on any atom is -0.338 e. The van der Waals surface area contributed by atoms with Gasteiger partial charge in [-0.2, -0.15) is 0 Å². The smallest absolute Gasteiger partial charge is 0.254 e. The lowest BCUT2D eigenvalue weighted by Gasteiger charge is -2.28. The minimum atomic E-state index is 0.181. The van der Waals surface area contributed by atoms with E-state index in [0.717, 1.165) is 35.1 Å². The van der Waals surface area contributed by atoms with Gasteiger partial charge in [-0.15, -0.1) is 0 Å². The Labute approximate surface area is 132 Å². The van der Waals surface area contributed by atoms with Gasteiger partial charge in [0.05, 0.1) is 0 Å². The molecule has 2 aromatic rings. The first-order chi connectivity index (χ1) is 9.74. The Kier molecular flexibility index (Phi) is 4.05. The van der Waals surface area contributed by atoms with Crippen LogP contribution in [0.5, 0.6) is 0 Å². The van der Waals surface area contributed by atoms with E-state index in [9.17, 15) is 4.79 Å². The molecule has 20 heavy (non-hydrogen) atoms. The highest BCUT2D eigenvalue weighted by Gasteiger charge is 2.23. The molecule has 1 heterocycles. The molecule has 0 fully saturated rings. The molecular formula is C17H16INO. The Balaban J connectivity index is 1.72. The first-order valence-electron chi connectivity index (χ1n) is 6.85. The number of amides is 1. The summed E-state index contributed by atoms with van der Waals surface area (Å²) in [6, 6.07) is 16.5. The molecule has 0 aliphatic carbocycles. The number of carbonyl (C=O) groups is 1. The number of hydrogen-bond acceptors (Lipinski definition) is 1. The van der Waals surface area contributed by atoms with E-state index in [-0.39, 0.29) is 5.91 Å². The van der Waals surface area contributed by atoms with Gasteiger partial charge in [-0.05, 0) is 58.7 Å². The number of halogens is 1. The monoisotopic (exact) mass is 377 g/mol. The summed E-state index contributed by atoms with van der Waals surface area (Å²) >= 11 is 2.26. The third-order valence-electron chi connectivity index (χ3n) is 3.75. The van der Waals surface area contributed by atoms with Crippen molar-refractivity contribution in [3.05, 3.63) is 68.8 Å². The summed E-state index contributed by atoms with van der Waals surface area (Å²) in [5.74, 6) is 0.181. The number of benzene rings is 2. The largest absolute Gasteiger partial charge is 0.338 e. The standard InChI is InChI=1S/C17H16INO/c18-15-7-6-14-9-11-19(17(20)16(14)12-15)10-8-13-4-2-1-3-5-13/h1-7,12H,8-11H2. The highest BCUT2D eigenvalue weighted by atomic mass is 127. The molecule has 0 saturated carbocycles. The van der Waals surface area contributed by atoms with Crippen LogP contribution in [0.15, 0.2) is 48.5 Å². The van der Waals surface area contributed by atoms with Gasteiger partial charge in [-0.25, -0.2) is 0 Å². The lowest BCUT2D eigenvalue weighted by atomic mass is 9.99. The molecule has 102 valence electrons. The second-order valence-electron chi connectivity index (χ2n) is 5.08. The fourth-order valence-electron chi connectivity index (χ4n) is 2.62. The maximum atomic E-state index is 12.5. The van der Waals surface area contributed by atoms with E-state index in [4.69, 9.17) is 0 Å². The second kappa shape index (κ2) is 5.95. The summed E-state index contributed by atoms with van der Waals surface area (Å²) in [5, 5.41) is 0. The van der Waals surface area contributed by atoms with Gasteiger partial charge in [0.25, 0.3) is 5.91 Å². The summed E-state index contributed by atoms with van der Waals surface area (Å²) in [5.41, 5.74) is 3.36. The third-order valence-corrected chi connectivity index (χ3v) is 4.42. The first kappa shape index (κ1) is 13.6. The Morgan fingerprint density at radius 2 is 1.90 bits per heavy atom. The predicted octanol–water partition coefficient (Wildman–Crippen LogP) is 3.53. The maximum absolute atomic E-state index is 12.5. The molecular weight excluding hydrogens is 361 g/mol. The van der Waals surface area contributed by atoms with Crippen molar-refractivity contribution in [2.75, 3.05) is 13.1 Å². The van der Waals surface area contributed by atoms with Crippen LogP contribution in [0.4, 0.5) is 0 Å². The number of rotatable bonds is 3. The zero-order valence-corrected chi connectivity index (χ0v) is 13.3. The SMILES string of the molecule is O=C1c2cc(I)ccc2CCN1CCc1ccccc1. The number of nitrogens with zero attached hydrogens (tertiary/aromatic N) is 1. The summed E-state index contributed by atoms with van der Waals surface area (Å²) in [4.78, 5) is 14.5. The second-order valence-corrected chi connectivity index (χ2v) is 6.32. The van der Waals surface area contributed by atoms with Crippen LogP contribution >= 0.6 is 22.6 Å². The summed E-state index contributed by atoms with van der Waals surface area (Å²) in [6.45, 7) is 1.63. The predicted molar refractivity (Wildman–Crippen MR) is 88.9 cm³/mol. The number of carbonyl (C=O) groups excluding carboxylic acids is 1. The topological polar surface area (TPSA) is 20.3 Å². The van der Waals surface area contributed by atoms with Crippen molar-refractivity contribution in [1.82, 2.24) is 4.90 Å². The van der Waals surface area contributed by atoms with Crippen molar-refractivity contribution in [2.45, 2.75) is 12.8 Å². The molecule has 1 aliphatic rings. The molecule has 0 aromatic heterocycles. The lowest BCUT2D eigenvalue weighted by molar-refractivity contribution is 0.0741. The molecule has 0 radical (unpaired) electrons. The molecule has 3 heteroatoms. The van der Waals surface area contributed by atoms with Gasteiger partial charge in [0.2, 0.25) is 0 Å². The van der Waals surface area contributed by atoms with Gasteiger partial charge in [0.1, 0.15) is 0 Å². The quantitative estimate of drug-likeness (QED) is 0.750. The van der Waals surface area contributed by atoms with Gasteiger partial charge in [-0.3, -0.25) is 4.79 Å². The van der Waals surface area contributed by atoms with Gasteiger partial charge in [0, 0.05) is 22.2 Å². The van der Waals surface area contributed by atoms with Crippen LogP contribution < -0.4 is 0 Å². The summed E-state index contributed by atoms with van der Waals surface area (Å²) < 4.78 is 1.12. The van der Waals surface area contributed by atoms with Gasteiger partial charge in [-0.1, -0.05) is 36.4 Å². The Bertz CT molecular complexity index is 624. The average Bonchev–Trinajstić information content (AvgIpc) is 2.48. The van der Waals surface area contributed by atoms with Crippen molar-refractivity contribution in [3.8, 4) is 0 Å². The van der Waals surface area contributed by atoms with Crippen molar-refractivity contribution < 1.29 is 4.79 Å². The van der Waals surface area contributed by atoms with Crippen LogP contribution in [0.25, 0.3) is 0 Å². The van der Waals surface area contributed by atoms with Gasteiger partial charge in [0.15, 0.2) is 0 Å². The Morgan fingerprint density at radius 3 is 2.70 bits per heavy atom. The Hall–Kier alpha value is -1.36. The van der Waals surface area contributed by atoms with Crippen LogP contribution in [-0.2, 0) is 12.8 Å². The van der Waals surface area contributed by atoms with Gasteiger partial charge < -0.3 is 4.90 Å². The Morgan fingerprint density at radius 1 is 1.10 bits per heavy atom. The molecule has 2 aromatic carbocycles. The van der Waals surface area contributed by atoms with Crippen LogP contribution in [-0.4, -0.2) is 23.9 Å². The van der Waals surface area contributed by atoms with E-state index >= 15 is 0 Å². The molecule has 0 bridgehead atoms. The average molecular weight is 377 g/mol. The summed E-state index contributed by atoms with van der Waals surface area (Å²) in [7, 11) is 0. The van der Waals surface area contributed by atoms with Crippen LogP contribution in [0.1, 0.15) is 21.5 Å². The normalized spacial score (nSPS) is 14.2. The lowest BCUT2D eigenvalue weighted by Crippen LogP contribution is -2.38. The minimum absolute atomic E-state index is 0.181. The van der Waals surface area contributed by atoms with E-state index in [0.29, 0.717) is 0 Å². The fraction of sp³-hybridized carbons (Fsp3) is 0.235. The molecule has 2 nitrogen and oxygen atoms in total. The molecule has 0 unspecified atom stereocenters. The fourth-order valence-corrected chi connectivity index (χ4v) is 3.11. The molecule has 0 saturated heterocycles. The zero-order valence-electron chi connectivity index (χ0n) is 11.2. The number of hydrogen-bond donors (Lipinski definition) is 0. The van der Waals surface area contributed by atoms with Crippen molar-refractivity contribution >= 4 is 28.5 Å². The molecule has 0 N–H and O–H groups in total. The van der Waals surface area contributed by atoms with E-state index < -0.39 is 0 Å². The van der Waals surface area contributed by atoms with E-state index in [1.807, 2.05) is 29.2 Å². The van der Waals surface area contributed by atoms with E-state index in [1.54, 1.807) is 0 Å². The van der Waals surface area contributed by atoms with Crippen LogP contribution in [0.2, 0.25) is 0 Å². The van der Waals surface area contributed by atoms with E-state index in [2.05, 4.69) is 46.9 Å². The van der Waals surface area contributed by atoms with Crippen molar-refractivity contribution in [3.63, 3.8) is 0 Å². The summed E-state index contributed by atoms with van der Waals surface area (Å²) in [6.07, 6.45) is 1.89. The maximum Gasteiger partial charge on any atom is 0.254 e. The molecule has 1 aliphatic heterocycles. The van der Waals surface area contributed by atoms with Crippen molar-refractivity contribution in [2.24, 2.45) is 0 Å². The highest BCUT2D eigenvalue weighted by molar-refractivity contribution is 14.1.